The third-order valence-corrected chi connectivity index (χ3v) is 20.4. The molecule has 46 nitrogen and oxygen atoms in total. The number of rotatable bonds is 47. The second-order valence-electron chi connectivity index (χ2n) is 29.1. The average molecular weight is 1770 g/mol. The molecule has 0 spiro atoms. The predicted molar refractivity (Wildman–Crippen MR) is 447 cm³/mol. The van der Waals surface area contributed by atoms with E-state index in [1.807, 2.05) is 0 Å². The molecule has 0 unspecified atom stereocenters. The molecule has 3 heterocycles. The Bertz CT molecular complexity index is 4700. The number of para-hydroxylation sites is 2. The molecule has 3 aromatic carbocycles. The smallest absolute Gasteiger partial charge is 0.305 e. The summed E-state index contributed by atoms with van der Waals surface area (Å²) in [5.41, 5.74) is 35.1. The number of fused-ring (bicyclic) bond motifs is 2. The third-order valence-electron chi connectivity index (χ3n) is 19.3. The van der Waals surface area contributed by atoms with Crippen LogP contribution < -0.4 is 109 Å². The van der Waals surface area contributed by atoms with E-state index in [2.05, 4.69) is 84.4 Å². The number of thioether (sulfide) groups is 1. The van der Waals surface area contributed by atoms with Gasteiger partial charge in [0.15, 0.2) is 5.96 Å². The van der Waals surface area contributed by atoms with Crippen molar-refractivity contribution in [1.29, 1.82) is 5.41 Å². The Morgan fingerprint density at radius 1 is 0.512 bits per heavy atom. The number of primary amides is 4. The number of amides is 17. The maximum Gasteiger partial charge on any atom is 0.305 e. The number of guanidine groups is 1. The van der Waals surface area contributed by atoms with Gasteiger partial charge in [-0.05, 0) is 98.9 Å². The molecule has 32 N–H and O–H groups in total. The van der Waals surface area contributed by atoms with Crippen molar-refractivity contribution >= 4 is 152 Å². The highest BCUT2D eigenvalue weighted by Crippen LogP contribution is 2.23. The zero-order valence-corrected chi connectivity index (χ0v) is 68.8. The van der Waals surface area contributed by atoms with Crippen LogP contribution in [0.1, 0.15) is 107 Å². The Kier molecular flexibility index (Phi) is 40.8. The van der Waals surface area contributed by atoms with E-state index < -0.39 is 281 Å². The predicted octanol–water partition coefficient (Wildman–Crippen LogP) is -7.28. The molecule has 5 aromatic rings. The number of phenolic OH excluding ortho intramolecular Hbond substituents is 1. The Morgan fingerprint density at radius 3 is 1.65 bits per heavy atom. The Morgan fingerprint density at radius 2 is 1.05 bits per heavy atom. The molecule has 1 fully saturated rings. The molecule has 678 valence electrons. The third kappa shape index (κ3) is 35.2. The van der Waals surface area contributed by atoms with Gasteiger partial charge in [0, 0.05) is 104 Å². The number of aromatic nitrogens is 2. The number of aromatic hydroxyl groups is 1. The first-order valence-electron chi connectivity index (χ1n) is 39.7. The van der Waals surface area contributed by atoms with Crippen LogP contribution in [0.15, 0.2) is 85.2 Å². The molecule has 47 heteroatoms. The van der Waals surface area contributed by atoms with Gasteiger partial charge < -0.3 is 139 Å². The van der Waals surface area contributed by atoms with Crippen LogP contribution in [0.5, 0.6) is 5.75 Å². The van der Waals surface area contributed by atoms with Crippen molar-refractivity contribution in [2.75, 3.05) is 50.9 Å². The number of aromatic amines is 2. The molecule has 2 aromatic heterocycles. The van der Waals surface area contributed by atoms with Gasteiger partial charge in [0.2, 0.25) is 100 Å². The van der Waals surface area contributed by atoms with E-state index in [1.165, 1.54) is 36.7 Å². The van der Waals surface area contributed by atoms with E-state index in [0.717, 1.165) is 11.8 Å². The molecule has 17 amide bonds. The lowest BCUT2D eigenvalue weighted by Gasteiger charge is -2.28. The molecule has 0 saturated carbocycles. The van der Waals surface area contributed by atoms with Gasteiger partial charge in [0.25, 0.3) is 0 Å². The number of hydrogen-bond acceptors (Lipinski definition) is 24. The molecular formula is C78H107N23O23S. The summed E-state index contributed by atoms with van der Waals surface area (Å²) in [6, 6.07) is -0.376. The van der Waals surface area contributed by atoms with Gasteiger partial charge in [-0.15, -0.1) is 0 Å². The van der Waals surface area contributed by atoms with Gasteiger partial charge >= 0.3 is 11.9 Å². The summed E-state index contributed by atoms with van der Waals surface area (Å²) >= 11 is 0.845. The minimum Gasteiger partial charge on any atom is -0.508 e. The van der Waals surface area contributed by atoms with Gasteiger partial charge in [-0.25, -0.2) is 0 Å². The Hall–Kier alpha value is -14.0. The van der Waals surface area contributed by atoms with E-state index in [0.29, 0.717) is 52.3 Å². The fourth-order valence-electron chi connectivity index (χ4n) is 12.8. The van der Waals surface area contributed by atoms with E-state index in [9.17, 15) is 92.0 Å². The van der Waals surface area contributed by atoms with Gasteiger partial charge in [-0.3, -0.25) is 96.5 Å². The number of aliphatic carboxylic acids is 2. The maximum absolute atomic E-state index is 15.5. The minimum atomic E-state index is -1.96. The SMILES string of the molecule is N=C(N)NCCC[C@H](NC(=O)[C@H](Cc1c[nH]c2ccccc12)NC(=O)[C@H](Cc1ccc(O)cc1)NC(=O)[C@@H]1CSCCC(=O)N[C@@H](CCC(N)=O)C(=O)N[C@@H](CC(=O)O)C(=O)N[C@@H](Cc2c[nH]c3ccccc23)C(=O)N[C@@H](CCC(N)=O)C(=O)N1)C(=O)N[C@@H](CCC(=O)O)C(=O)N[C@@H](CC(N)=O)C(=O)NCC(=O)NCCOCC(=O)N[C@H](CCCCN)C(N)=O. The second-order valence-corrected chi connectivity index (χ2v) is 30.3. The Labute approximate surface area is 718 Å². The molecule has 0 bridgehead atoms. The summed E-state index contributed by atoms with van der Waals surface area (Å²) in [6.07, 6.45) is -3.57. The van der Waals surface area contributed by atoms with Crippen molar-refractivity contribution in [2.24, 2.45) is 34.4 Å². The van der Waals surface area contributed by atoms with Crippen molar-refractivity contribution in [1.82, 2.24) is 84.4 Å². The quantitative estimate of drug-likeness (QED) is 0.00977. The first-order valence-corrected chi connectivity index (χ1v) is 40.9. The van der Waals surface area contributed by atoms with Crippen molar-refractivity contribution < 1.29 is 111 Å². The van der Waals surface area contributed by atoms with E-state index in [1.54, 1.807) is 48.5 Å². The van der Waals surface area contributed by atoms with Crippen LogP contribution >= 0.6 is 11.8 Å². The monoisotopic (exact) mass is 1770 g/mol. The number of H-pyrrole nitrogens is 2. The molecule has 0 radical (unpaired) electrons. The number of hydrogen-bond donors (Lipinski definition) is 26. The minimum absolute atomic E-state index is 0.0992. The first-order chi connectivity index (χ1) is 59.5. The van der Waals surface area contributed by atoms with Crippen molar-refractivity contribution in [2.45, 2.75) is 176 Å². The lowest BCUT2D eigenvalue weighted by molar-refractivity contribution is -0.141. The van der Waals surface area contributed by atoms with E-state index in [4.69, 9.17) is 44.5 Å². The topological polar surface area (TPSA) is 774 Å². The molecule has 1 aliphatic heterocycles. The van der Waals surface area contributed by atoms with Crippen LogP contribution in [0, 0.1) is 5.41 Å². The van der Waals surface area contributed by atoms with Crippen molar-refractivity contribution in [3.63, 3.8) is 0 Å². The lowest BCUT2D eigenvalue weighted by Crippen LogP contribution is -2.61. The summed E-state index contributed by atoms with van der Waals surface area (Å²) in [5, 5.41) is 73.4. The number of ether oxygens (including phenoxy) is 1. The second kappa shape index (κ2) is 51.1. The van der Waals surface area contributed by atoms with E-state index >= 15 is 14.4 Å². The molecular weight excluding hydrogens is 1660 g/mol. The number of unbranched alkanes of at least 4 members (excludes halogenated alkanes) is 1. The number of benzene rings is 3. The summed E-state index contributed by atoms with van der Waals surface area (Å²) in [6.45, 7) is -1.52. The lowest BCUT2D eigenvalue weighted by atomic mass is 10.0. The van der Waals surface area contributed by atoms with Crippen molar-refractivity contribution in [3.05, 3.63) is 102 Å². The largest absolute Gasteiger partial charge is 0.508 e. The number of carbonyl (C=O) groups is 19. The summed E-state index contributed by atoms with van der Waals surface area (Å²) in [7, 11) is 0. The number of nitrogens with one attached hydrogen (secondary N) is 17. The van der Waals surface area contributed by atoms with Gasteiger partial charge in [0.1, 0.15) is 78.8 Å². The molecule has 11 atom stereocenters. The maximum atomic E-state index is 15.5. The highest BCUT2D eigenvalue weighted by molar-refractivity contribution is 7.99. The number of phenols is 1. The van der Waals surface area contributed by atoms with Crippen LogP contribution in [-0.2, 0) is 115 Å². The van der Waals surface area contributed by atoms with Crippen LogP contribution in [0.3, 0.4) is 0 Å². The number of carboxylic acids is 2. The molecule has 6 rings (SSSR count). The fourth-order valence-corrected chi connectivity index (χ4v) is 13.8. The van der Waals surface area contributed by atoms with Crippen LogP contribution in [-0.4, -0.2) is 261 Å². The van der Waals surface area contributed by atoms with E-state index in [-0.39, 0.29) is 56.0 Å². The van der Waals surface area contributed by atoms with Crippen molar-refractivity contribution in [3.8, 4) is 5.75 Å². The van der Waals surface area contributed by atoms with Gasteiger partial charge in [-0.2, -0.15) is 11.8 Å². The average Bonchev–Trinajstić information content (AvgIpc) is 1.71. The number of carbonyl (C=O) groups excluding carboxylic acids is 17. The first kappa shape index (κ1) is 99.8. The molecule has 0 aliphatic carbocycles. The van der Waals surface area contributed by atoms with Gasteiger partial charge in [-0.1, -0.05) is 48.5 Å². The fraction of sp³-hybridized carbons (Fsp3) is 0.462. The molecule has 125 heavy (non-hydrogen) atoms. The van der Waals surface area contributed by atoms with Crippen LogP contribution in [0.2, 0.25) is 0 Å². The Balaban J connectivity index is 1.32. The zero-order valence-electron chi connectivity index (χ0n) is 68.0. The zero-order chi connectivity index (χ0) is 91.8. The highest BCUT2D eigenvalue weighted by Gasteiger charge is 2.39. The summed E-state index contributed by atoms with van der Waals surface area (Å²) in [4.78, 5) is 266. The summed E-state index contributed by atoms with van der Waals surface area (Å²) in [5.74, 6) is -22.5. The standard InChI is InChI=1S/C78H107N23O23S/c79-25-6-5-12-48(67(83)113)91-64(108)38-124-28-27-86-63(107)37-90-68(114)56(33-61(82)105)99-71(117)52(20-23-65(109)110)94-69(115)49(13-7-26-87-78(84)85)93-74(120)54(31-41-35-88-46-10-3-1-8-44(41)46)97-73(119)53(30-40-14-16-43(102)17-15-40)96-77(123)58-39-125-29-24-62(106)92-50(18-21-59(80)103)70(116)100-57(34-66(111)112)76(122)98-55(32-42-36-89-47-11-4-2-9-45(42)47)75(121)95-51(72(118)101-58)19-22-60(81)104/h1-4,8-11,14-17,35-36,48-58,88-89,102H,5-7,12-13,18-34,37-39,79H2,(H2,80,103)(H2,81,104)(H2,82,105)(H2,83,113)(H,86,107)(H,90,114)(H,91,108)(H,92,106)(H,93,120)(H,94,115)(H,95,121)(H,96,123)(H,97,119)(H,98,122)(H,99,117)(H,100,116)(H,101,118)(H,109,110)(H,111,112)(H4,84,85,87)/t48-,49+,50+,51+,52+,53+,54+,55+,56+,57+,58+/m1/s1. The normalized spacial score (nSPS) is 17.4. The number of carboxylic acid groups (broad SMARTS) is 2. The molecule has 1 aliphatic rings. The molecule has 1 saturated heterocycles. The number of nitrogens with two attached hydrogens (primary N) is 6. The summed E-state index contributed by atoms with van der Waals surface area (Å²) < 4.78 is 5.26. The highest BCUT2D eigenvalue weighted by atomic mass is 32.2. The van der Waals surface area contributed by atoms with Crippen LogP contribution in [0.4, 0.5) is 0 Å². The van der Waals surface area contributed by atoms with Crippen LogP contribution in [0.25, 0.3) is 21.8 Å². The van der Waals surface area contributed by atoms with Gasteiger partial charge in [0.05, 0.1) is 26.0 Å².